The van der Waals surface area contributed by atoms with Crippen molar-refractivity contribution in [2.24, 2.45) is 0 Å². The Bertz CT molecular complexity index is 784. The fourth-order valence-electron chi connectivity index (χ4n) is 2.28. The molecule has 9 heteroatoms. The largest absolute Gasteiger partial charge is 0.481 e. The lowest BCUT2D eigenvalue weighted by Gasteiger charge is -2.18. The van der Waals surface area contributed by atoms with E-state index in [0.717, 1.165) is 10.4 Å². The number of amides is 2. The first kappa shape index (κ1) is 16.9. The number of aliphatic carboxylic acids is 1. The maximum atomic E-state index is 12.4. The number of fused-ring (bicyclic) bond motifs is 1. The van der Waals surface area contributed by atoms with Crippen molar-refractivity contribution in [2.45, 2.75) is 31.2 Å². The second-order valence-electron chi connectivity index (χ2n) is 5.31. The van der Waals surface area contributed by atoms with Gasteiger partial charge in [-0.05, 0) is 32.0 Å². The van der Waals surface area contributed by atoms with E-state index in [1.165, 1.54) is 12.1 Å². The second kappa shape index (κ2) is 5.99. The average molecular weight is 340 g/mol. The summed E-state index contributed by atoms with van der Waals surface area (Å²) in [6.45, 7) is 3.09. The minimum Gasteiger partial charge on any atom is -0.481 e. The highest BCUT2D eigenvalue weighted by atomic mass is 32.2. The van der Waals surface area contributed by atoms with Crippen molar-refractivity contribution >= 4 is 27.8 Å². The third-order valence-electron chi connectivity index (χ3n) is 3.30. The van der Waals surface area contributed by atoms with E-state index in [2.05, 4.69) is 5.32 Å². The number of nitrogens with zero attached hydrogens (tertiary/aromatic N) is 1. The van der Waals surface area contributed by atoms with Gasteiger partial charge in [0.25, 0.3) is 21.8 Å². The number of rotatable bonds is 5. The number of carboxylic acid groups (broad SMARTS) is 1. The quantitative estimate of drug-likeness (QED) is 0.802. The zero-order valence-corrected chi connectivity index (χ0v) is 13.4. The SMILES string of the molecule is CC(C)N1C(=O)c2ccc(C(=O)NCCC(=O)O)cc2S1(=O)=O. The Hall–Kier alpha value is -2.42. The van der Waals surface area contributed by atoms with E-state index in [-0.39, 0.29) is 29.0 Å². The predicted octanol–water partition coefficient (Wildman–Crippen LogP) is 0.444. The zero-order valence-electron chi connectivity index (χ0n) is 12.6. The van der Waals surface area contributed by atoms with E-state index < -0.39 is 33.8 Å². The van der Waals surface area contributed by atoms with Gasteiger partial charge in [-0.15, -0.1) is 0 Å². The van der Waals surface area contributed by atoms with E-state index in [1.807, 2.05) is 0 Å². The first-order chi connectivity index (χ1) is 10.7. The molecule has 1 aliphatic heterocycles. The van der Waals surface area contributed by atoms with Crippen LogP contribution >= 0.6 is 0 Å². The van der Waals surface area contributed by atoms with Crippen molar-refractivity contribution in [3.05, 3.63) is 29.3 Å². The van der Waals surface area contributed by atoms with Gasteiger partial charge < -0.3 is 10.4 Å². The molecule has 2 amide bonds. The van der Waals surface area contributed by atoms with Crippen LogP contribution in [0.25, 0.3) is 0 Å². The van der Waals surface area contributed by atoms with Gasteiger partial charge in [-0.3, -0.25) is 14.4 Å². The number of hydrogen-bond acceptors (Lipinski definition) is 5. The number of sulfonamides is 1. The summed E-state index contributed by atoms with van der Waals surface area (Å²) >= 11 is 0. The zero-order chi connectivity index (χ0) is 17.4. The normalized spacial score (nSPS) is 15.6. The van der Waals surface area contributed by atoms with Crippen LogP contribution in [0.15, 0.2) is 23.1 Å². The molecule has 0 bridgehead atoms. The minimum absolute atomic E-state index is 0.0285. The van der Waals surface area contributed by atoms with Crippen molar-refractivity contribution in [3.8, 4) is 0 Å². The standard InChI is InChI=1S/C14H16N2O6S/c1-8(2)16-14(20)10-4-3-9(7-11(10)23(16,21)22)13(19)15-6-5-12(17)18/h3-4,7-8H,5-6H2,1-2H3,(H,15,19)(H,17,18). The average Bonchev–Trinajstić information content (AvgIpc) is 2.65. The molecule has 2 rings (SSSR count). The topological polar surface area (TPSA) is 121 Å². The molecule has 1 heterocycles. The van der Waals surface area contributed by atoms with E-state index in [9.17, 15) is 22.8 Å². The Kier molecular flexibility index (Phi) is 4.42. The molecule has 0 spiro atoms. The molecule has 1 aromatic rings. The Morgan fingerprint density at radius 1 is 1.30 bits per heavy atom. The number of benzene rings is 1. The van der Waals surface area contributed by atoms with Gasteiger partial charge in [0.2, 0.25) is 0 Å². The number of carbonyl (C=O) groups excluding carboxylic acids is 2. The number of hydrogen-bond donors (Lipinski definition) is 2. The Balaban J connectivity index is 2.31. The summed E-state index contributed by atoms with van der Waals surface area (Å²) in [7, 11) is -3.98. The molecule has 0 saturated carbocycles. The monoisotopic (exact) mass is 340 g/mol. The summed E-state index contributed by atoms with van der Waals surface area (Å²) in [4.78, 5) is 34.3. The molecule has 0 aromatic heterocycles. The van der Waals surface area contributed by atoms with Gasteiger partial charge >= 0.3 is 5.97 Å². The van der Waals surface area contributed by atoms with Gasteiger partial charge in [-0.2, -0.15) is 0 Å². The lowest BCUT2D eigenvalue weighted by Crippen LogP contribution is -2.36. The molecule has 1 aromatic carbocycles. The summed E-state index contributed by atoms with van der Waals surface area (Å²) in [6, 6.07) is 3.24. The van der Waals surface area contributed by atoms with Crippen LogP contribution < -0.4 is 5.32 Å². The van der Waals surface area contributed by atoms with Gasteiger partial charge in [0, 0.05) is 18.2 Å². The number of carboxylic acids is 1. The van der Waals surface area contributed by atoms with Crippen molar-refractivity contribution in [1.82, 2.24) is 9.62 Å². The molecule has 0 unspecified atom stereocenters. The van der Waals surface area contributed by atoms with Crippen molar-refractivity contribution in [1.29, 1.82) is 0 Å². The van der Waals surface area contributed by atoms with E-state index in [4.69, 9.17) is 5.11 Å². The van der Waals surface area contributed by atoms with Gasteiger partial charge in [-0.1, -0.05) is 0 Å². The van der Waals surface area contributed by atoms with Crippen LogP contribution in [0.1, 0.15) is 41.0 Å². The fraction of sp³-hybridized carbons (Fsp3) is 0.357. The highest BCUT2D eigenvalue weighted by molar-refractivity contribution is 7.90. The predicted molar refractivity (Wildman–Crippen MR) is 79.5 cm³/mol. The first-order valence-electron chi connectivity index (χ1n) is 6.89. The molecule has 0 aliphatic carbocycles. The summed E-state index contributed by atoms with van der Waals surface area (Å²) in [6.07, 6.45) is -0.241. The molecule has 0 radical (unpaired) electrons. The van der Waals surface area contributed by atoms with E-state index >= 15 is 0 Å². The third-order valence-corrected chi connectivity index (χ3v) is 5.30. The van der Waals surface area contributed by atoms with Crippen LogP contribution in [0.2, 0.25) is 0 Å². The lowest BCUT2D eigenvalue weighted by molar-refractivity contribution is -0.136. The minimum atomic E-state index is -3.98. The molecule has 8 nitrogen and oxygen atoms in total. The van der Waals surface area contributed by atoms with Crippen molar-refractivity contribution in [2.75, 3.05) is 6.54 Å². The van der Waals surface area contributed by atoms with Gasteiger partial charge in [0.15, 0.2) is 0 Å². The Labute approximate surface area is 133 Å². The number of carbonyl (C=O) groups is 3. The van der Waals surface area contributed by atoms with Crippen LogP contribution in [-0.2, 0) is 14.8 Å². The van der Waals surface area contributed by atoms with E-state index in [1.54, 1.807) is 13.8 Å². The van der Waals surface area contributed by atoms with Crippen LogP contribution in [0.4, 0.5) is 0 Å². The fourth-order valence-corrected chi connectivity index (χ4v) is 4.08. The molecular weight excluding hydrogens is 324 g/mol. The molecule has 0 saturated heterocycles. The highest BCUT2D eigenvalue weighted by Crippen LogP contribution is 2.32. The molecule has 0 atom stereocenters. The van der Waals surface area contributed by atoms with Gasteiger partial charge in [-0.25, -0.2) is 12.7 Å². The van der Waals surface area contributed by atoms with Crippen LogP contribution in [-0.4, -0.2) is 48.2 Å². The molecule has 124 valence electrons. The van der Waals surface area contributed by atoms with Crippen LogP contribution in [0.3, 0.4) is 0 Å². The van der Waals surface area contributed by atoms with Crippen LogP contribution in [0.5, 0.6) is 0 Å². The lowest BCUT2D eigenvalue weighted by atomic mass is 10.1. The first-order valence-corrected chi connectivity index (χ1v) is 8.33. The summed E-state index contributed by atoms with van der Waals surface area (Å²) in [5.41, 5.74) is 0.0805. The summed E-state index contributed by atoms with van der Waals surface area (Å²) in [5.74, 6) is -2.27. The molecule has 1 aliphatic rings. The maximum absolute atomic E-state index is 12.4. The Morgan fingerprint density at radius 2 is 1.96 bits per heavy atom. The highest BCUT2D eigenvalue weighted by Gasteiger charge is 2.42. The summed E-state index contributed by atoms with van der Waals surface area (Å²) < 4.78 is 25.6. The van der Waals surface area contributed by atoms with Crippen LogP contribution in [0, 0.1) is 0 Å². The Morgan fingerprint density at radius 3 is 2.52 bits per heavy atom. The third kappa shape index (κ3) is 3.04. The number of nitrogens with one attached hydrogen (secondary N) is 1. The summed E-state index contributed by atoms with van der Waals surface area (Å²) in [5, 5.41) is 10.9. The smallest absolute Gasteiger partial charge is 0.305 e. The van der Waals surface area contributed by atoms with Crippen molar-refractivity contribution in [3.63, 3.8) is 0 Å². The molecule has 2 N–H and O–H groups in total. The maximum Gasteiger partial charge on any atom is 0.305 e. The molecule has 0 fully saturated rings. The van der Waals surface area contributed by atoms with E-state index in [0.29, 0.717) is 0 Å². The van der Waals surface area contributed by atoms with Crippen molar-refractivity contribution < 1.29 is 27.9 Å². The second-order valence-corrected chi connectivity index (χ2v) is 7.09. The van der Waals surface area contributed by atoms with Gasteiger partial charge in [0.05, 0.1) is 12.0 Å². The van der Waals surface area contributed by atoms with Gasteiger partial charge in [0.1, 0.15) is 4.90 Å². The molecule has 23 heavy (non-hydrogen) atoms. The molecular formula is C14H16N2O6S.